The molecule has 2 nitrogen and oxygen atoms in total. The number of likely N-dealkylation sites (tertiary alicyclic amines) is 1. The van der Waals surface area contributed by atoms with E-state index in [1.165, 1.54) is 25.7 Å². The highest BCUT2D eigenvalue weighted by molar-refractivity contribution is 5.13. The average molecular weight is 277 g/mol. The van der Waals surface area contributed by atoms with Crippen LogP contribution in [0.5, 0.6) is 0 Å². The minimum absolute atomic E-state index is 0.377. The van der Waals surface area contributed by atoms with Crippen molar-refractivity contribution in [3.8, 4) is 0 Å². The van der Waals surface area contributed by atoms with E-state index in [9.17, 15) is 0 Å². The molecule has 20 heavy (non-hydrogen) atoms. The number of methoxy groups -OCH3 is 1. The Bertz CT molecular complexity index is 332. The van der Waals surface area contributed by atoms with Gasteiger partial charge in [0.1, 0.15) is 0 Å². The summed E-state index contributed by atoms with van der Waals surface area (Å²) in [7, 11) is 4.01. The van der Waals surface area contributed by atoms with Gasteiger partial charge in [-0.25, -0.2) is 0 Å². The van der Waals surface area contributed by atoms with Crippen molar-refractivity contribution in [3.05, 3.63) is 36.5 Å². The minimum Gasteiger partial charge on any atom is -0.380 e. The molecule has 0 aromatic rings. The fraction of sp³-hybridized carbons (Fsp3) is 0.667. The second-order valence-electron chi connectivity index (χ2n) is 5.67. The predicted molar refractivity (Wildman–Crippen MR) is 88.0 cm³/mol. The highest BCUT2D eigenvalue weighted by Crippen LogP contribution is 2.24. The molecule has 2 heteroatoms. The fourth-order valence-corrected chi connectivity index (χ4v) is 2.71. The van der Waals surface area contributed by atoms with Crippen LogP contribution >= 0.6 is 0 Å². The van der Waals surface area contributed by atoms with Gasteiger partial charge in [0.05, 0.1) is 6.10 Å². The minimum atomic E-state index is 0.377. The van der Waals surface area contributed by atoms with Crippen LogP contribution in [0.2, 0.25) is 0 Å². The van der Waals surface area contributed by atoms with E-state index in [-0.39, 0.29) is 0 Å². The summed E-state index contributed by atoms with van der Waals surface area (Å²) in [6, 6.07) is 1.02. The monoisotopic (exact) mass is 277 g/mol. The third-order valence-corrected chi connectivity index (χ3v) is 4.28. The van der Waals surface area contributed by atoms with Crippen molar-refractivity contribution in [1.29, 1.82) is 0 Å². The number of likely N-dealkylation sites (N-methyl/N-ethyl adjacent to an activating group) is 1. The molecule has 1 fully saturated rings. The molecule has 0 N–H and O–H groups in total. The summed E-state index contributed by atoms with van der Waals surface area (Å²) in [6.45, 7) is 4.47. The summed E-state index contributed by atoms with van der Waals surface area (Å²) < 4.78 is 5.52. The van der Waals surface area contributed by atoms with Gasteiger partial charge in [0.15, 0.2) is 0 Å². The van der Waals surface area contributed by atoms with E-state index in [2.05, 4.69) is 62.3 Å². The highest BCUT2D eigenvalue weighted by Gasteiger charge is 2.30. The van der Waals surface area contributed by atoms with Crippen LogP contribution in [0.3, 0.4) is 0 Å². The molecular weight excluding hydrogens is 246 g/mol. The number of piperidine rings is 1. The number of unbranched alkanes of at least 4 members (excludes halogenated alkanes) is 2. The molecule has 0 saturated carbocycles. The zero-order valence-electron chi connectivity index (χ0n) is 13.6. The van der Waals surface area contributed by atoms with Gasteiger partial charge in [-0.3, -0.25) is 4.90 Å². The Hall–Kier alpha value is -0.860. The van der Waals surface area contributed by atoms with Crippen molar-refractivity contribution in [2.24, 2.45) is 0 Å². The molecule has 1 aliphatic rings. The third-order valence-electron chi connectivity index (χ3n) is 4.28. The Labute approximate surface area is 125 Å². The molecule has 0 bridgehead atoms. The van der Waals surface area contributed by atoms with Crippen molar-refractivity contribution in [3.63, 3.8) is 0 Å². The molecule has 0 radical (unpaired) electrons. The molecular formula is C18H31NO. The Morgan fingerprint density at radius 2 is 1.90 bits per heavy atom. The average Bonchev–Trinajstić information content (AvgIpc) is 2.46. The molecule has 0 aliphatic carbocycles. The van der Waals surface area contributed by atoms with Crippen molar-refractivity contribution in [1.82, 2.24) is 4.90 Å². The lowest BCUT2D eigenvalue weighted by molar-refractivity contribution is -0.0148. The molecule has 3 atom stereocenters. The molecule has 0 aromatic carbocycles. The first-order valence-corrected chi connectivity index (χ1v) is 7.95. The quantitative estimate of drug-likeness (QED) is 0.507. The molecule has 114 valence electrons. The van der Waals surface area contributed by atoms with Crippen molar-refractivity contribution in [2.75, 3.05) is 14.2 Å². The predicted octanol–water partition coefficient (Wildman–Crippen LogP) is 4.34. The van der Waals surface area contributed by atoms with E-state index in [0.717, 1.165) is 6.42 Å². The molecule has 0 spiro atoms. The summed E-state index contributed by atoms with van der Waals surface area (Å²) in [6.07, 6.45) is 19.6. The zero-order chi connectivity index (χ0) is 14.8. The number of rotatable bonds is 7. The number of hydrogen-bond acceptors (Lipinski definition) is 2. The zero-order valence-corrected chi connectivity index (χ0v) is 13.6. The van der Waals surface area contributed by atoms with E-state index in [0.29, 0.717) is 18.2 Å². The normalized spacial score (nSPS) is 29.1. The maximum absolute atomic E-state index is 5.52. The summed E-state index contributed by atoms with van der Waals surface area (Å²) in [4.78, 5) is 2.42. The van der Waals surface area contributed by atoms with E-state index < -0.39 is 0 Å². The van der Waals surface area contributed by atoms with Crippen LogP contribution < -0.4 is 0 Å². The topological polar surface area (TPSA) is 12.5 Å². The lowest BCUT2D eigenvalue weighted by Crippen LogP contribution is -2.49. The first-order chi connectivity index (χ1) is 9.70. The van der Waals surface area contributed by atoms with Gasteiger partial charge in [-0.05, 0) is 33.2 Å². The van der Waals surface area contributed by atoms with Crippen LogP contribution in [0.1, 0.15) is 46.0 Å². The Morgan fingerprint density at radius 3 is 2.60 bits per heavy atom. The lowest BCUT2D eigenvalue weighted by Gasteiger charge is -2.41. The maximum atomic E-state index is 5.52. The highest BCUT2D eigenvalue weighted by atomic mass is 16.5. The summed E-state index contributed by atoms with van der Waals surface area (Å²) in [5, 5.41) is 0. The summed E-state index contributed by atoms with van der Waals surface area (Å²) >= 11 is 0. The Balaban J connectivity index is 2.35. The van der Waals surface area contributed by atoms with E-state index in [1.54, 1.807) is 0 Å². The van der Waals surface area contributed by atoms with Gasteiger partial charge >= 0.3 is 0 Å². The van der Waals surface area contributed by atoms with Crippen LogP contribution in [0, 0.1) is 0 Å². The van der Waals surface area contributed by atoms with Gasteiger partial charge < -0.3 is 4.74 Å². The van der Waals surface area contributed by atoms with E-state index >= 15 is 0 Å². The summed E-state index contributed by atoms with van der Waals surface area (Å²) in [5.41, 5.74) is 0. The molecule has 0 aromatic heterocycles. The largest absolute Gasteiger partial charge is 0.380 e. The molecule has 0 amide bonds. The van der Waals surface area contributed by atoms with Gasteiger partial charge in [0.25, 0.3) is 0 Å². The van der Waals surface area contributed by atoms with Crippen molar-refractivity contribution >= 4 is 0 Å². The maximum Gasteiger partial charge on any atom is 0.0724 e. The van der Waals surface area contributed by atoms with Gasteiger partial charge in [-0.2, -0.15) is 0 Å². The van der Waals surface area contributed by atoms with Crippen LogP contribution in [0.4, 0.5) is 0 Å². The lowest BCUT2D eigenvalue weighted by atomic mass is 9.94. The first-order valence-electron chi connectivity index (χ1n) is 7.95. The Kier molecular flexibility index (Phi) is 8.56. The van der Waals surface area contributed by atoms with E-state index in [1.807, 2.05) is 7.11 Å². The molecule has 1 rings (SSSR count). The van der Waals surface area contributed by atoms with Gasteiger partial charge in [0, 0.05) is 19.2 Å². The number of nitrogens with zero attached hydrogens (tertiary/aromatic N) is 1. The SMILES string of the molecule is CCCC/C=C/C=C/C=C/[C@@H]1CC[C@@H](OC)[C@H](C)N1C. The first kappa shape index (κ1) is 17.2. The van der Waals surface area contributed by atoms with Crippen LogP contribution in [-0.2, 0) is 4.74 Å². The second-order valence-corrected chi connectivity index (χ2v) is 5.67. The molecule has 1 saturated heterocycles. The number of allylic oxidation sites excluding steroid dienone is 5. The summed E-state index contributed by atoms with van der Waals surface area (Å²) in [5.74, 6) is 0. The standard InChI is InChI=1S/C18H31NO/c1-5-6-7-8-9-10-11-12-13-17-14-15-18(20-4)16(2)19(17)3/h8-13,16-18H,5-7,14-15H2,1-4H3/b9-8+,11-10+,13-12+/t16-,17+,18+/m0/s1. The van der Waals surface area contributed by atoms with Gasteiger partial charge in [-0.1, -0.05) is 56.2 Å². The fourth-order valence-electron chi connectivity index (χ4n) is 2.71. The second kappa shape index (κ2) is 9.95. The van der Waals surface area contributed by atoms with Crippen molar-refractivity contribution < 1.29 is 4.74 Å². The van der Waals surface area contributed by atoms with Crippen molar-refractivity contribution in [2.45, 2.75) is 64.1 Å². The van der Waals surface area contributed by atoms with Gasteiger partial charge in [0.2, 0.25) is 0 Å². The molecule has 1 heterocycles. The molecule has 0 unspecified atom stereocenters. The van der Waals surface area contributed by atoms with E-state index in [4.69, 9.17) is 4.74 Å². The Morgan fingerprint density at radius 1 is 1.15 bits per heavy atom. The smallest absolute Gasteiger partial charge is 0.0724 e. The van der Waals surface area contributed by atoms with Crippen LogP contribution in [0.25, 0.3) is 0 Å². The third kappa shape index (κ3) is 5.64. The molecule has 1 aliphatic heterocycles. The number of hydrogen-bond donors (Lipinski definition) is 0. The number of ether oxygens (including phenoxy) is 1. The van der Waals surface area contributed by atoms with Gasteiger partial charge in [-0.15, -0.1) is 0 Å². The van der Waals surface area contributed by atoms with Crippen LogP contribution in [-0.4, -0.2) is 37.2 Å². The van der Waals surface area contributed by atoms with Crippen LogP contribution in [0.15, 0.2) is 36.5 Å².